The molecule has 0 fully saturated rings. The number of para-hydroxylation sites is 1. The maximum absolute atomic E-state index is 13.0. The first-order valence-electron chi connectivity index (χ1n) is 7.67. The highest BCUT2D eigenvalue weighted by Crippen LogP contribution is 2.27. The second-order valence-electron chi connectivity index (χ2n) is 5.50. The fraction of sp³-hybridized carbons (Fsp3) is 0.0500. The lowest BCUT2D eigenvalue weighted by Gasteiger charge is -2.10. The largest absolute Gasteiger partial charge is 0.456 e. The van der Waals surface area contributed by atoms with Crippen molar-refractivity contribution in [2.24, 2.45) is 0 Å². The van der Waals surface area contributed by atoms with Gasteiger partial charge in [-0.2, -0.15) is 0 Å². The Morgan fingerprint density at radius 3 is 2.25 bits per heavy atom. The number of aromatic nitrogens is 2. The molecule has 3 aromatic heterocycles. The molecule has 0 radical (unpaired) electrons. The predicted molar refractivity (Wildman–Crippen MR) is 92.8 cm³/mol. The second-order valence-corrected chi connectivity index (χ2v) is 5.50. The summed E-state index contributed by atoms with van der Waals surface area (Å²) in [6, 6.07) is 14.8. The van der Waals surface area contributed by atoms with Gasteiger partial charge in [0, 0.05) is 42.3 Å². The quantitative estimate of drug-likeness (QED) is 0.576. The number of hydrogen-bond acceptors (Lipinski definition) is 4. The van der Waals surface area contributed by atoms with Gasteiger partial charge in [-0.15, -0.1) is 0 Å². The number of benzene rings is 1. The van der Waals surface area contributed by atoms with Crippen LogP contribution in [0.1, 0.15) is 11.1 Å². The van der Waals surface area contributed by atoms with Gasteiger partial charge in [0.05, 0.1) is 5.39 Å². The molecule has 0 amide bonds. The zero-order chi connectivity index (χ0) is 16.4. The third kappa shape index (κ3) is 2.58. The first-order chi connectivity index (χ1) is 11.8. The molecule has 0 saturated carbocycles. The molecule has 0 aliphatic carbocycles. The van der Waals surface area contributed by atoms with Gasteiger partial charge in [-0.05, 0) is 42.0 Å². The first kappa shape index (κ1) is 14.3. The van der Waals surface area contributed by atoms with Crippen LogP contribution in [0.25, 0.3) is 22.3 Å². The van der Waals surface area contributed by atoms with Crippen molar-refractivity contribution in [3.05, 3.63) is 94.7 Å². The molecule has 0 aliphatic rings. The SMILES string of the molecule is O=c1c(Cc2ccncc2)c(-c2ccncc2)oc2ccccc12. The molecule has 3 heterocycles. The lowest BCUT2D eigenvalue weighted by atomic mass is 9.99. The minimum atomic E-state index is 0.000439. The monoisotopic (exact) mass is 314 g/mol. The highest BCUT2D eigenvalue weighted by atomic mass is 16.3. The van der Waals surface area contributed by atoms with Crippen molar-refractivity contribution >= 4 is 11.0 Å². The lowest BCUT2D eigenvalue weighted by molar-refractivity contribution is 0.611. The zero-order valence-electron chi connectivity index (χ0n) is 12.8. The molecule has 24 heavy (non-hydrogen) atoms. The van der Waals surface area contributed by atoms with E-state index in [-0.39, 0.29) is 5.43 Å². The Kier molecular flexibility index (Phi) is 3.63. The average Bonchev–Trinajstić information content (AvgIpc) is 2.65. The molecule has 1 aromatic carbocycles. The topological polar surface area (TPSA) is 56.0 Å². The van der Waals surface area contributed by atoms with Crippen LogP contribution in [-0.4, -0.2) is 9.97 Å². The van der Waals surface area contributed by atoms with E-state index in [0.717, 1.165) is 11.1 Å². The fourth-order valence-electron chi connectivity index (χ4n) is 2.78. The molecule has 4 nitrogen and oxygen atoms in total. The van der Waals surface area contributed by atoms with Crippen molar-refractivity contribution in [3.63, 3.8) is 0 Å². The molecule has 0 N–H and O–H groups in total. The summed E-state index contributed by atoms with van der Waals surface area (Å²) in [7, 11) is 0. The van der Waals surface area contributed by atoms with E-state index < -0.39 is 0 Å². The van der Waals surface area contributed by atoms with E-state index in [1.807, 2.05) is 42.5 Å². The van der Waals surface area contributed by atoms with E-state index in [9.17, 15) is 4.79 Å². The third-order valence-electron chi connectivity index (χ3n) is 3.96. The van der Waals surface area contributed by atoms with Crippen LogP contribution < -0.4 is 5.43 Å². The highest BCUT2D eigenvalue weighted by Gasteiger charge is 2.16. The van der Waals surface area contributed by atoms with E-state index in [2.05, 4.69) is 9.97 Å². The normalized spacial score (nSPS) is 10.8. The summed E-state index contributed by atoms with van der Waals surface area (Å²) in [5.41, 5.74) is 3.10. The van der Waals surface area contributed by atoms with Gasteiger partial charge in [0.2, 0.25) is 0 Å². The van der Waals surface area contributed by atoms with Crippen molar-refractivity contribution in [2.45, 2.75) is 6.42 Å². The van der Waals surface area contributed by atoms with Crippen LogP contribution >= 0.6 is 0 Å². The van der Waals surface area contributed by atoms with Gasteiger partial charge in [0.15, 0.2) is 5.43 Å². The summed E-state index contributed by atoms with van der Waals surface area (Å²) in [6.45, 7) is 0. The van der Waals surface area contributed by atoms with E-state index >= 15 is 0 Å². The average molecular weight is 314 g/mol. The van der Waals surface area contributed by atoms with E-state index in [1.165, 1.54) is 0 Å². The maximum Gasteiger partial charge on any atom is 0.196 e. The zero-order valence-corrected chi connectivity index (χ0v) is 12.8. The number of pyridine rings is 2. The van der Waals surface area contributed by atoms with Crippen LogP contribution in [0.3, 0.4) is 0 Å². The van der Waals surface area contributed by atoms with Gasteiger partial charge in [0.25, 0.3) is 0 Å². The maximum atomic E-state index is 13.0. The van der Waals surface area contributed by atoms with E-state index in [0.29, 0.717) is 28.7 Å². The molecule has 0 aliphatic heterocycles. The van der Waals surface area contributed by atoms with Crippen molar-refractivity contribution in [2.75, 3.05) is 0 Å². The Labute approximate surface area is 138 Å². The molecule has 0 saturated heterocycles. The summed E-state index contributed by atoms with van der Waals surface area (Å²) >= 11 is 0. The standard InChI is InChI=1S/C20H14N2O2/c23-19-16-3-1-2-4-18(16)24-20(15-7-11-22-12-8-15)17(19)13-14-5-9-21-10-6-14/h1-12H,13H2. The number of fused-ring (bicyclic) bond motifs is 1. The molecule has 0 unspecified atom stereocenters. The van der Waals surface area contributed by atoms with Gasteiger partial charge < -0.3 is 4.42 Å². The Balaban J connectivity index is 1.98. The molecule has 0 bridgehead atoms. The summed E-state index contributed by atoms with van der Waals surface area (Å²) in [6.07, 6.45) is 7.34. The molecule has 4 rings (SSSR count). The molecular formula is C20H14N2O2. The van der Waals surface area contributed by atoms with Crippen LogP contribution in [0.4, 0.5) is 0 Å². The molecule has 116 valence electrons. The minimum absolute atomic E-state index is 0.000439. The van der Waals surface area contributed by atoms with Crippen molar-refractivity contribution in [1.29, 1.82) is 0 Å². The number of hydrogen-bond donors (Lipinski definition) is 0. The summed E-state index contributed by atoms with van der Waals surface area (Å²) in [5.74, 6) is 0.595. The van der Waals surface area contributed by atoms with Crippen molar-refractivity contribution in [1.82, 2.24) is 9.97 Å². The third-order valence-corrected chi connectivity index (χ3v) is 3.96. The number of rotatable bonds is 3. The van der Waals surface area contributed by atoms with Gasteiger partial charge in [-0.3, -0.25) is 14.8 Å². The number of nitrogens with zero attached hydrogens (tertiary/aromatic N) is 2. The van der Waals surface area contributed by atoms with Crippen LogP contribution in [0.2, 0.25) is 0 Å². The fourth-order valence-corrected chi connectivity index (χ4v) is 2.78. The Morgan fingerprint density at radius 1 is 0.833 bits per heavy atom. The molecule has 0 atom stereocenters. The Morgan fingerprint density at radius 2 is 1.50 bits per heavy atom. The predicted octanol–water partition coefficient (Wildman–Crippen LogP) is 3.84. The summed E-state index contributed by atoms with van der Waals surface area (Å²) in [4.78, 5) is 21.1. The minimum Gasteiger partial charge on any atom is -0.456 e. The smallest absolute Gasteiger partial charge is 0.196 e. The van der Waals surface area contributed by atoms with Crippen molar-refractivity contribution in [3.8, 4) is 11.3 Å². The Hall–Kier alpha value is -3.27. The molecule has 0 spiro atoms. The van der Waals surface area contributed by atoms with Crippen LogP contribution in [-0.2, 0) is 6.42 Å². The molecular weight excluding hydrogens is 300 g/mol. The molecule has 4 heteroatoms. The summed E-state index contributed by atoms with van der Waals surface area (Å²) < 4.78 is 6.09. The van der Waals surface area contributed by atoms with E-state index in [1.54, 1.807) is 30.9 Å². The molecule has 4 aromatic rings. The van der Waals surface area contributed by atoms with E-state index in [4.69, 9.17) is 4.42 Å². The summed E-state index contributed by atoms with van der Waals surface area (Å²) in [5, 5.41) is 0.597. The van der Waals surface area contributed by atoms with Gasteiger partial charge in [-0.25, -0.2) is 0 Å². The van der Waals surface area contributed by atoms with Crippen LogP contribution in [0.5, 0.6) is 0 Å². The van der Waals surface area contributed by atoms with Gasteiger partial charge in [-0.1, -0.05) is 12.1 Å². The first-order valence-corrected chi connectivity index (χ1v) is 7.67. The van der Waals surface area contributed by atoms with Crippen LogP contribution in [0, 0.1) is 0 Å². The lowest BCUT2D eigenvalue weighted by Crippen LogP contribution is -2.12. The van der Waals surface area contributed by atoms with Crippen molar-refractivity contribution < 1.29 is 4.42 Å². The second kappa shape index (κ2) is 6.08. The highest BCUT2D eigenvalue weighted by molar-refractivity contribution is 5.80. The van der Waals surface area contributed by atoms with Gasteiger partial charge >= 0.3 is 0 Å². The van der Waals surface area contributed by atoms with Gasteiger partial charge in [0.1, 0.15) is 11.3 Å². The Bertz CT molecular complexity index is 1040. The van der Waals surface area contributed by atoms with Crippen LogP contribution in [0.15, 0.2) is 82.5 Å².